The van der Waals surface area contributed by atoms with Crippen molar-refractivity contribution in [2.45, 2.75) is 45.8 Å². The molecule has 0 heterocycles. The molecule has 0 aromatic heterocycles. The Morgan fingerprint density at radius 3 is 2.43 bits per heavy atom. The highest BCUT2D eigenvalue weighted by molar-refractivity contribution is 6.30. The molecular weight excluding hydrogens is 404 g/mol. The van der Waals surface area contributed by atoms with E-state index in [1.54, 1.807) is 37.3 Å². The van der Waals surface area contributed by atoms with Crippen LogP contribution in [0.3, 0.4) is 0 Å². The van der Waals surface area contributed by atoms with Gasteiger partial charge in [0, 0.05) is 17.6 Å². The molecule has 0 spiro atoms. The number of benzene rings is 2. The summed E-state index contributed by atoms with van der Waals surface area (Å²) in [6.45, 7) is 5.65. The summed E-state index contributed by atoms with van der Waals surface area (Å²) in [7, 11) is 1.54. The van der Waals surface area contributed by atoms with Gasteiger partial charge in [-0.2, -0.15) is 0 Å². The number of carbonyl (C=O) groups is 2. The molecule has 0 radical (unpaired) electrons. The third-order valence-corrected chi connectivity index (χ3v) is 5.07. The smallest absolute Gasteiger partial charge is 0.261 e. The van der Waals surface area contributed by atoms with Crippen molar-refractivity contribution in [1.82, 2.24) is 10.2 Å². The first-order chi connectivity index (χ1) is 14.3. The van der Waals surface area contributed by atoms with Crippen LogP contribution in [0, 0.1) is 0 Å². The van der Waals surface area contributed by atoms with Gasteiger partial charge in [-0.25, -0.2) is 0 Å². The van der Waals surface area contributed by atoms with E-state index in [9.17, 15) is 9.59 Å². The second kappa shape index (κ2) is 11.5. The van der Waals surface area contributed by atoms with E-state index in [-0.39, 0.29) is 31.0 Å². The van der Waals surface area contributed by atoms with E-state index >= 15 is 0 Å². The van der Waals surface area contributed by atoms with Crippen molar-refractivity contribution in [3.63, 3.8) is 0 Å². The van der Waals surface area contributed by atoms with Crippen molar-refractivity contribution in [3.05, 3.63) is 59.1 Å². The van der Waals surface area contributed by atoms with Crippen molar-refractivity contribution in [2.24, 2.45) is 0 Å². The van der Waals surface area contributed by atoms with Crippen molar-refractivity contribution in [3.8, 4) is 11.5 Å². The lowest BCUT2D eigenvalue weighted by molar-refractivity contribution is -0.142. The van der Waals surface area contributed by atoms with Crippen LogP contribution < -0.4 is 14.8 Å². The molecule has 0 aliphatic heterocycles. The molecule has 0 aliphatic carbocycles. The zero-order valence-corrected chi connectivity index (χ0v) is 18.6. The Kier molecular flexibility index (Phi) is 8.99. The highest BCUT2D eigenvalue weighted by Crippen LogP contribution is 2.26. The monoisotopic (exact) mass is 432 g/mol. The summed E-state index contributed by atoms with van der Waals surface area (Å²) >= 11 is 6.09. The average Bonchev–Trinajstić information content (AvgIpc) is 2.75. The summed E-state index contributed by atoms with van der Waals surface area (Å²) in [4.78, 5) is 27.3. The Balaban J connectivity index is 2.18. The first-order valence-corrected chi connectivity index (χ1v) is 10.3. The molecule has 7 heteroatoms. The van der Waals surface area contributed by atoms with E-state index in [1.165, 1.54) is 12.0 Å². The Labute approximate surface area is 183 Å². The molecule has 0 unspecified atom stereocenters. The van der Waals surface area contributed by atoms with Crippen LogP contribution in [-0.2, 0) is 16.1 Å². The van der Waals surface area contributed by atoms with Crippen LogP contribution in [0.5, 0.6) is 11.5 Å². The summed E-state index contributed by atoms with van der Waals surface area (Å²) in [6.07, 6.45) is 0.803. The standard InChI is InChI=1S/C23H29ClN2O4/c1-5-16(2)25-23(28)17(3)26(14-18-9-8-10-19(24)13-18)22(27)15-30-21-12-7-6-11-20(21)29-4/h6-13,16-17H,5,14-15H2,1-4H3,(H,25,28)/t16-,17+/m0/s1. The Morgan fingerprint density at radius 1 is 1.10 bits per heavy atom. The maximum atomic E-state index is 13.1. The fraction of sp³-hybridized carbons (Fsp3) is 0.391. The van der Waals surface area contributed by atoms with Gasteiger partial charge >= 0.3 is 0 Å². The van der Waals surface area contributed by atoms with E-state index < -0.39 is 6.04 Å². The van der Waals surface area contributed by atoms with Gasteiger partial charge in [0.1, 0.15) is 6.04 Å². The van der Waals surface area contributed by atoms with Crippen LogP contribution in [0.25, 0.3) is 0 Å². The lowest BCUT2D eigenvalue weighted by Crippen LogP contribution is -2.50. The van der Waals surface area contributed by atoms with Gasteiger partial charge in [0.25, 0.3) is 5.91 Å². The molecular formula is C23H29ClN2O4. The molecule has 2 amide bonds. The Bertz CT molecular complexity index is 859. The molecule has 2 atom stereocenters. The number of nitrogens with zero attached hydrogens (tertiary/aromatic N) is 1. The summed E-state index contributed by atoms with van der Waals surface area (Å²) in [5.41, 5.74) is 0.830. The number of rotatable bonds is 10. The van der Waals surface area contributed by atoms with E-state index in [1.807, 2.05) is 32.0 Å². The molecule has 0 aliphatic rings. The predicted octanol–water partition coefficient (Wildman–Crippen LogP) is 4.06. The number of para-hydroxylation sites is 2. The highest BCUT2D eigenvalue weighted by Gasteiger charge is 2.27. The van der Waals surface area contributed by atoms with Gasteiger partial charge in [-0.05, 0) is 50.1 Å². The van der Waals surface area contributed by atoms with Gasteiger partial charge in [-0.3, -0.25) is 9.59 Å². The molecule has 30 heavy (non-hydrogen) atoms. The van der Waals surface area contributed by atoms with E-state index in [2.05, 4.69) is 5.32 Å². The van der Waals surface area contributed by atoms with Gasteiger partial charge in [0.2, 0.25) is 5.91 Å². The maximum absolute atomic E-state index is 13.1. The zero-order valence-electron chi connectivity index (χ0n) is 17.9. The number of ether oxygens (including phenoxy) is 2. The number of carbonyl (C=O) groups excluding carboxylic acids is 2. The van der Waals surface area contributed by atoms with Crippen LogP contribution in [0.4, 0.5) is 0 Å². The quantitative estimate of drug-likeness (QED) is 0.614. The molecule has 2 rings (SSSR count). The zero-order chi connectivity index (χ0) is 22.1. The fourth-order valence-corrected chi connectivity index (χ4v) is 3.05. The van der Waals surface area contributed by atoms with Gasteiger partial charge < -0.3 is 19.7 Å². The lowest BCUT2D eigenvalue weighted by Gasteiger charge is -2.29. The summed E-state index contributed by atoms with van der Waals surface area (Å²) in [6, 6.07) is 13.7. The number of methoxy groups -OCH3 is 1. The van der Waals surface area contributed by atoms with Gasteiger partial charge in [-0.15, -0.1) is 0 Å². The Hall–Kier alpha value is -2.73. The van der Waals surface area contributed by atoms with Crippen molar-refractivity contribution in [1.29, 1.82) is 0 Å². The molecule has 2 aromatic rings. The van der Waals surface area contributed by atoms with Gasteiger partial charge in [0.05, 0.1) is 7.11 Å². The number of amides is 2. The number of halogens is 1. The van der Waals surface area contributed by atoms with Crippen molar-refractivity contribution >= 4 is 23.4 Å². The topological polar surface area (TPSA) is 67.9 Å². The number of hydrogen-bond acceptors (Lipinski definition) is 4. The molecule has 0 saturated heterocycles. The Morgan fingerprint density at radius 2 is 1.80 bits per heavy atom. The molecule has 0 fully saturated rings. The van der Waals surface area contributed by atoms with E-state index in [0.29, 0.717) is 16.5 Å². The first-order valence-electron chi connectivity index (χ1n) is 9.95. The molecule has 0 saturated carbocycles. The molecule has 162 valence electrons. The van der Waals surface area contributed by atoms with Crippen LogP contribution in [-0.4, -0.2) is 42.5 Å². The third-order valence-electron chi connectivity index (χ3n) is 4.83. The van der Waals surface area contributed by atoms with Gasteiger partial charge in [0.15, 0.2) is 18.1 Å². The minimum atomic E-state index is -0.674. The minimum Gasteiger partial charge on any atom is -0.493 e. The highest BCUT2D eigenvalue weighted by atomic mass is 35.5. The lowest BCUT2D eigenvalue weighted by atomic mass is 10.1. The second-order valence-electron chi connectivity index (χ2n) is 7.08. The molecule has 1 N–H and O–H groups in total. The fourth-order valence-electron chi connectivity index (χ4n) is 2.84. The largest absolute Gasteiger partial charge is 0.493 e. The molecule has 2 aromatic carbocycles. The van der Waals surface area contributed by atoms with Crippen LogP contribution in [0.15, 0.2) is 48.5 Å². The van der Waals surface area contributed by atoms with Gasteiger partial charge in [-0.1, -0.05) is 42.8 Å². The third kappa shape index (κ3) is 6.66. The number of nitrogens with one attached hydrogen (secondary N) is 1. The minimum absolute atomic E-state index is 0.0212. The number of hydrogen-bond donors (Lipinski definition) is 1. The normalized spacial score (nSPS) is 12.6. The second-order valence-corrected chi connectivity index (χ2v) is 7.52. The summed E-state index contributed by atoms with van der Waals surface area (Å²) < 4.78 is 11.0. The predicted molar refractivity (Wildman–Crippen MR) is 118 cm³/mol. The van der Waals surface area contributed by atoms with E-state index in [4.69, 9.17) is 21.1 Å². The van der Waals surface area contributed by atoms with Crippen LogP contribution in [0.2, 0.25) is 5.02 Å². The van der Waals surface area contributed by atoms with Crippen molar-refractivity contribution in [2.75, 3.05) is 13.7 Å². The molecule has 6 nitrogen and oxygen atoms in total. The van der Waals surface area contributed by atoms with Crippen LogP contribution in [0.1, 0.15) is 32.8 Å². The molecule has 0 bridgehead atoms. The maximum Gasteiger partial charge on any atom is 0.261 e. The van der Waals surface area contributed by atoms with Crippen LogP contribution >= 0.6 is 11.6 Å². The van der Waals surface area contributed by atoms with E-state index in [0.717, 1.165) is 12.0 Å². The summed E-state index contributed by atoms with van der Waals surface area (Å²) in [5, 5.41) is 3.51. The SMILES string of the molecule is CC[C@H](C)NC(=O)[C@@H](C)N(Cc1cccc(Cl)c1)C(=O)COc1ccccc1OC. The average molecular weight is 433 g/mol. The summed E-state index contributed by atoms with van der Waals surface area (Å²) in [5.74, 6) is 0.478. The van der Waals surface area contributed by atoms with Crippen molar-refractivity contribution < 1.29 is 19.1 Å². The first kappa shape index (κ1) is 23.5.